The molecule has 0 saturated heterocycles. The highest BCUT2D eigenvalue weighted by molar-refractivity contribution is 7.89. The number of nitro benzene ring substituents is 1. The normalized spacial score (nSPS) is 33.4. The maximum absolute atomic E-state index is 11.9. The van der Waals surface area contributed by atoms with Gasteiger partial charge in [0.15, 0.2) is 0 Å². The second-order valence-electron chi connectivity index (χ2n) is 7.55. The molecule has 1 aromatic carbocycles. The molecule has 1 aromatic rings. The molecule has 5 unspecified atom stereocenters. The summed E-state index contributed by atoms with van der Waals surface area (Å²) in [6.07, 6.45) is 6.24. The summed E-state index contributed by atoms with van der Waals surface area (Å²) in [7, 11) is -2.41. The van der Waals surface area contributed by atoms with E-state index in [0.29, 0.717) is 11.6 Å². The molecule has 8 heteroatoms. The fraction of sp³-hybridized carbons (Fsp3) is 0.647. The highest BCUT2D eigenvalue weighted by Gasteiger charge is 2.53. The molecule has 0 amide bonds. The molecule has 3 aliphatic rings. The van der Waals surface area contributed by atoms with E-state index in [9.17, 15) is 18.5 Å². The number of hydrogen-bond donors (Lipinski definition) is 2. The number of nitrogens with one attached hydrogen (secondary N) is 2. The van der Waals surface area contributed by atoms with Gasteiger partial charge in [0.25, 0.3) is 5.69 Å². The molecule has 3 fully saturated rings. The Morgan fingerprint density at radius 3 is 2.64 bits per heavy atom. The Hall–Kier alpha value is -1.67. The first kappa shape index (κ1) is 16.8. The van der Waals surface area contributed by atoms with Crippen molar-refractivity contribution in [3.63, 3.8) is 0 Å². The molecule has 136 valence electrons. The molecule has 0 aliphatic heterocycles. The minimum absolute atomic E-state index is 0.0870. The Balaban J connectivity index is 1.60. The van der Waals surface area contributed by atoms with Crippen molar-refractivity contribution < 1.29 is 13.3 Å². The van der Waals surface area contributed by atoms with Gasteiger partial charge in [-0.1, -0.05) is 6.42 Å². The van der Waals surface area contributed by atoms with Gasteiger partial charge in [0.05, 0.1) is 9.82 Å². The molecule has 25 heavy (non-hydrogen) atoms. The average molecular weight is 365 g/mol. The van der Waals surface area contributed by atoms with E-state index < -0.39 is 14.9 Å². The number of fused-ring (bicyclic) bond motifs is 5. The molecule has 2 bridgehead atoms. The number of benzene rings is 1. The Bertz CT molecular complexity index is 810. The van der Waals surface area contributed by atoms with Crippen molar-refractivity contribution in [2.45, 2.75) is 43.0 Å². The lowest BCUT2D eigenvalue weighted by Gasteiger charge is -2.32. The highest BCUT2D eigenvalue weighted by atomic mass is 32.2. The second kappa shape index (κ2) is 5.95. The Kier molecular flexibility index (Phi) is 3.99. The van der Waals surface area contributed by atoms with Crippen molar-refractivity contribution in [2.75, 3.05) is 12.4 Å². The fourth-order valence-electron chi connectivity index (χ4n) is 5.50. The van der Waals surface area contributed by atoms with Crippen LogP contribution in [0.15, 0.2) is 23.1 Å². The van der Waals surface area contributed by atoms with Crippen LogP contribution < -0.4 is 10.0 Å². The zero-order valence-electron chi connectivity index (χ0n) is 14.1. The third kappa shape index (κ3) is 2.71. The van der Waals surface area contributed by atoms with Crippen LogP contribution in [0.5, 0.6) is 0 Å². The minimum Gasteiger partial charge on any atom is -0.376 e. The molecule has 0 heterocycles. The van der Waals surface area contributed by atoms with Gasteiger partial charge < -0.3 is 5.32 Å². The number of anilines is 1. The monoisotopic (exact) mass is 365 g/mol. The molecule has 7 nitrogen and oxygen atoms in total. The summed E-state index contributed by atoms with van der Waals surface area (Å²) in [5, 5.41) is 14.8. The SMILES string of the molecule is CNS(=O)(=O)c1ccc(NC2CC3CC2C2CCCC32)c([N+](=O)[O-])c1. The van der Waals surface area contributed by atoms with Crippen molar-refractivity contribution in [1.29, 1.82) is 0 Å². The Labute approximate surface area is 147 Å². The van der Waals surface area contributed by atoms with Gasteiger partial charge >= 0.3 is 0 Å². The predicted molar refractivity (Wildman–Crippen MR) is 93.8 cm³/mol. The molecular formula is C17H23N3O4S. The quantitative estimate of drug-likeness (QED) is 0.617. The van der Waals surface area contributed by atoms with Crippen molar-refractivity contribution in [1.82, 2.24) is 4.72 Å². The molecule has 3 aliphatic carbocycles. The van der Waals surface area contributed by atoms with E-state index in [0.717, 1.165) is 30.2 Å². The zero-order chi connectivity index (χ0) is 17.8. The first-order valence-electron chi connectivity index (χ1n) is 8.89. The van der Waals surface area contributed by atoms with Crippen molar-refractivity contribution in [3.8, 4) is 0 Å². The first-order valence-corrected chi connectivity index (χ1v) is 10.4. The van der Waals surface area contributed by atoms with E-state index in [1.807, 2.05) is 0 Å². The van der Waals surface area contributed by atoms with Gasteiger partial charge in [0.1, 0.15) is 5.69 Å². The lowest BCUT2D eigenvalue weighted by molar-refractivity contribution is -0.384. The van der Waals surface area contributed by atoms with Gasteiger partial charge in [-0.05, 0) is 68.5 Å². The minimum atomic E-state index is -3.70. The number of sulfonamides is 1. The maximum atomic E-state index is 11.9. The van der Waals surface area contributed by atoms with Crippen LogP contribution >= 0.6 is 0 Å². The standard InChI is InChI=1S/C17H23N3O4S/c1-18-25(23,24)11-5-6-15(17(9-11)20(21)22)19-16-8-10-7-14(16)13-4-2-3-12(10)13/h5-6,9-10,12-14,16,18-19H,2-4,7-8H2,1H3. The van der Waals surface area contributed by atoms with Crippen LogP contribution in [0.4, 0.5) is 11.4 Å². The molecule has 0 radical (unpaired) electrons. The van der Waals surface area contributed by atoms with Crippen molar-refractivity contribution in [3.05, 3.63) is 28.3 Å². The number of nitro groups is 1. The molecule has 2 N–H and O–H groups in total. The van der Waals surface area contributed by atoms with Crippen LogP contribution in [0.25, 0.3) is 0 Å². The summed E-state index contributed by atoms with van der Waals surface area (Å²) in [4.78, 5) is 10.9. The van der Waals surface area contributed by atoms with Gasteiger partial charge in [0.2, 0.25) is 10.0 Å². The fourth-order valence-corrected chi connectivity index (χ4v) is 6.25. The summed E-state index contributed by atoms with van der Waals surface area (Å²) < 4.78 is 26.0. The summed E-state index contributed by atoms with van der Waals surface area (Å²) in [5.74, 6) is 2.97. The molecule has 0 spiro atoms. The van der Waals surface area contributed by atoms with Crippen molar-refractivity contribution in [2.24, 2.45) is 23.7 Å². The summed E-state index contributed by atoms with van der Waals surface area (Å²) >= 11 is 0. The van der Waals surface area contributed by atoms with E-state index in [2.05, 4.69) is 10.0 Å². The molecular weight excluding hydrogens is 342 g/mol. The van der Waals surface area contributed by atoms with Crippen LogP contribution in [-0.4, -0.2) is 26.4 Å². The van der Waals surface area contributed by atoms with Gasteiger partial charge in [-0.15, -0.1) is 0 Å². The van der Waals surface area contributed by atoms with Crippen molar-refractivity contribution >= 4 is 21.4 Å². The molecule has 5 atom stereocenters. The van der Waals surface area contributed by atoms with Crippen LogP contribution in [-0.2, 0) is 10.0 Å². The predicted octanol–water partition coefficient (Wildman–Crippen LogP) is 2.74. The number of nitrogens with zero attached hydrogens (tertiary/aromatic N) is 1. The average Bonchev–Trinajstić information content (AvgIpc) is 3.27. The summed E-state index contributed by atoms with van der Waals surface area (Å²) in [6.45, 7) is 0. The second-order valence-corrected chi connectivity index (χ2v) is 9.43. The third-order valence-electron chi connectivity index (χ3n) is 6.51. The van der Waals surface area contributed by atoms with E-state index in [1.54, 1.807) is 0 Å². The van der Waals surface area contributed by atoms with Gasteiger partial charge in [0, 0.05) is 12.1 Å². The molecule has 3 saturated carbocycles. The van der Waals surface area contributed by atoms with E-state index >= 15 is 0 Å². The summed E-state index contributed by atoms with van der Waals surface area (Å²) in [6, 6.07) is 4.35. The largest absolute Gasteiger partial charge is 0.376 e. The lowest BCUT2D eigenvalue weighted by Crippen LogP contribution is -2.34. The third-order valence-corrected chi connectivity index (χ3v) is 7.93. The van der Waals surface area contributed by atoms with Gasteiger partial charge in [-0.25, -0.2) is 13.1 Å². The molecule has 0 aromatic heterocycles. The smallest absolute Gasteiger partial charge is 0.293 e. The Morgan fingerprint density at radius 1 is 1.16 bits per heavy atom. The summed E-state index contributed by atoms with van der Waals surface area (Å²) in [5.41, 5.74) is 0.245. The first-order chi connectivity index (χ1) is 11.9. The maximum Gasteiger partial charge on any atom is 0.293 e. The van der Waals surface area contributed by atoms with Crippen LogP contribution in [0, 0.1) is 33.8 Å². The van der Waals surface area contributed by atoms with E-state index in [4.69, 9.17) is 0 Å². The van der Waals surface area contributed by atoms with E-state index in [-0.39, 0.29) is 16.6 Å². The zero-order valence-corrected chi connectivity index (χ0v) is 15.0. The number of rotatable bonds is 5. The Morgan fingerprint density at radius 2 is 1.92 bits per heavy atom. The van der Waals surface area contributed by atoms with Crippen LogP contribution in [0.1, 0.15) is 32.1 Å². The van der Waals surface area contributed by atoms with Gasteiger partial charge in [-0.3, -0.25) is 10.1 Å². The topological polar surface area (TPSA) is 101 Å². The van der Waals surface area contributed by atoms with Crippen LogP contribution in [0.3, 0.4) is 0 Å². The highest BCUT2D eigenvalue weighted by Crippen LogP contribution is 2.59. The van der Waals surface area contributed by atoms with Gasteiger partial charge in [-0.2, -0.15) is 0 Å². The lowest BCUT2D eigenvalue weighted by atomic mass is 9.79. The molecule has 4 rings (SSSR count). The van der Waals surface area contributed by atoms with Crippen LogP contribution in [0.2, 0.25) is 0 Å². The van der Waals surface area contributed by atoms with E-state index in [1.165, 1.54) is 44.9 Å². The number of hydrogen-bond acceptors (Lipinski definition) is 5.